The van der Waals surface area contributed by atoms with E-state index in [-0.39, 0.29) is 5.91 Å². The fraction of sp³-hybridized carbons (Fsp3) is 0.400. The summed E-state index contributed by atoms with van der Waals surface area (Å²) in [4.78, 5) is 23.1. The van der Waals surface area contributed by atoms with E-state index in [0.717, 1.165) is 30.4 Å². The van der Waals surface area contributed by atoms with E-state index in [9.17, 15) is 4.79 Å². The van der Waals surface area contributed by atoms with Gasteiger partial charge in [0.1, 0.15) is 5.69 Å². The number of rotatable bonds is 1. The van der Waals surface area contributed by atoms with Crippen LogP contribution in [0.25, 0.3) is 11.0 Å². The fourth-order valence-corrected chi connectivity index (χ4v) is 2.61. The van der Waals surface area contributed by atoms with Crippen LogP contribution in [0.15, 0.2) is 30.5 Å². The van der Waals surface area contributed by atoms with Crippen LogP contribution in [0, 0.1) is 0 Å². The molecular weight excluding hydrogens is 238 g/mol. The lowest BCUT2D eigenvalue weighted by Crippen LogP contribution is -2.42. The summed E-state index contributed by atoms with van der Waals surface area (Å²) in [6.45, 7) is 2.93. The molecule has 0 radical (unpaired) electrons. The molecule has 0 saturated carbocycles. The van der Waals surface area contributed by atoms with Crippen molar-refractivity contribution >= 4 is 16.9 Å². The predicted molar refractivity (Wildman–Crippen MR) is 73.9 cm³/mol. The Morgan fingerprint density at radius 1 is 1.26 bits per heavy atom. The van der Waals surface area contributed by atoms with Crippen molar-refractivity contribution in [2.45, 2.75) is 32.2 Å². The van der Waals surface area contributed by atoms with E-state index in [1.807, 2.05) is 29.2 Å². The van der Waals surface area contributed by atoms with Crippen molar-refractivity contribution in [2.75, 3.05) is 6.54 Å². The first kappa shape index (κ1) is 12.1. The van der Waals surface area contributed by atoms with Crippen molar-refractivity contribution < 1.29 is 4.79 Å². The van der Waals surface area contributed by atoms with Gasteiger partial charge in [0.2, 0.25) is 0 Å². The second-order valence-corrected chi connectivity index (χ2v) is 5.09. The maximum absolute atomic E-state index is 12.5. The summed E-state index contributed by atoms with van der Waals surface area (Å²) in [5.74, 6) is 0.00505. The summed E-state index contributed by atoms with van der Waals surface area (Å²) in [6.07, 6.45) is 4.95. The molecule has 1 aromatic heterocycles. The first-order valence-corrected chi connectivity index (χ1v) is 6.78. The molecule has 19 heavy (non-hydrogen) atoms. The van der Waals surface area contributed by atoms with Crippen molar-refractivity contribution in [3.8, 4) is 0 Å². The molecule has 1 atom stereocenters. The van der Waals surface area contributed by atoms with Gasteiger partial charge in [0.15, 0.2) is 0 Å². The highest BCUT2D eigenvalue weighted by Crippen LogP contribution is 2.19. The molecule has 98 valence electrons. The van der Waals surface area contributed by atoms with E-state index in [4.69, 9.17) is 0 Å². The summed E-state index contributed by atoms with van der Waals surface area (Å²) < 4.78 is 0. The Bertz CT molecular complexity index is 611. The lowest BCUT2D eigenvalue weighted by atomic mass is 10.0. The van der Waals surface area contributed by atoms with Crippen molar-refractivity contribution in [2.24, 2.45) is 0 Å². The van der Waals surface area contributed by atoms with Crippen LogP contribution in [0.2, 0.25) is 0 Å². The van der Waals surface area contributed by atoms with E-state index in [1.165, 1.54) is 6.42 Å². The quantitative estimate of drug-likeness (QED) is 0.787. The molecule has 3 rings (SSSR count). The van der Waals surface area contributed by atoms with Gasteiger partial charge >= 0.3 is 0 Å². The number of amides is 1. The average Bonchev–Trinajstić information content (AvgIpc) is 2.46. The molecule has 0 N–H and O–H groups in total. The Labute approximate surface area is 112 Å². The second-order valence-electron chi connectivity index (χ2n) is 5.09. The van der Waals surface area contributed by atoms with Crippen LogP contribution >= 0.6 is 0 Å². The van der Waals surface area contributed by atoms with Gasteiger partial charge in [0.25, 0.3) is 5.91 Å². The number of piperidine rings is 1. The van der Waals surface area contributed by atoms with Gasteiger partial charge in [-0.05, 0) is 38.3 Å². The molecule has 1 saturated heterocycles. The maximum Gasteiger partial charge on any atom is 0.274 e. The number of hydrogen-bond donors (Lipinski definition) is 0. The predicted octanol–water partition coefficient (Wildman–Crippen LogP) is 2.64. The van der Waals surface area contributed by atoms with Crippen LogP contribution in [0.3, 0.4) is 0 Å². The third-order valence-corrected chi connectivity index (χ3v) is 3.73. The van der Waals surface area contributed by atoms with Crippen molar-refractivity contribution in [3.63, 3.8) is 0 Å². The molecule has 1 aromatic carbocycles. The van der Waals surface area contributed by atoms with Crippen molar-refractivity contribution in [3.05, 3.63) is 36.2 Å². The van der Waals surface area contributed by atoms with Gasteiger partial charge in [0, 0.05) is 12.6 Å². The lowest BCUT2D eigenvalue weighted by molar-refractivity contribution is 0.0629. The normalized spacial score (nSPS) is 19.6. The Morgan fingerprint density at radius 3 is 2.84 bits per heavy atom. The topological polar surface area (TPSA) is 46.1 Å². The van der Waals surface area contributed by atoms with Crippen LogP contribution in [0.1, 0.15) is 36.7 Å². The van der Waals surface area contributed by atoms with Crippen LogP contribution < -0.4 is 0 Å². The number of aromatic nitrogens is 2. The smallest absolute Gasteiger partial charge is 0.274 e. The number of hydrogen-bond acceptors (Lipinski definition) is 3. The molecule has 4 nitrogen and oxygen atoms in total. The molecule has 4 heteroatoms. The summed E-state index contributed by atoms with van der Waals surface area (Å²) in [5.41, 5.74) is 2.05. The largest absolute Gasteiger partial charge is 0.335 e. The number of fused-ring (bicyclic) bond motifs is 1. The van der Waals surface area contributed by atoms with Gasteiger partial charge in [-0.15, -0.1) is 0 Å². The number of benzene rings is 1. The molecule has 1 aliphatic heterocycles. The van der Waals surface area contributed by atoms with Gasteiger partial charge < -0.3 is 4.90 Å². The molecule has 1 unspecified atom stereocenters. The Morgan fingerprint density at radius 2 is 2.05 bits per heavy atom. The Balaban J connectivity index is 1.92. The number of likely N-dealkylation sites (tertiary alicyclic amines) is 1. The molecule has 1 fully saturated rings. The highest BCUT2D eigenvalue weighted by atomic mass is 16.2. The molecule has 2 heterocycles. The maximum atomic E-state index is 12.5. The van der Waals surface area contributed by atoms with E-state index in [0.29, 0.717) is 11.7 Å². The molecule has 0 aliphatic carbocycles. The minimum absolute atomic E-state index is 0.00505. The van der Waals surface area contributed by atoms with Gasteiger partial charge in [-0.3, -0.25) is 9.78 Å². The van der Waals surface area contributed by atoms with Gasteiger partial charge in [0.05, 0.1) is 17.2 Å². The Kier molecular flexibility index (Phi) is 3.15. The fourth-order valence-electron chi connectivity index (χ4n) is 2.61. The molecule has 0 spiro atoms. The van der Waals surface area contributed by atoms with Crippen LogP contribution in [0.5, 0.6) is 0 Å². The summed E-state index contributed by atoms with van der Waals surface area (Å²) in [6, 6.07) is 7.92. The zero-order chi connectivity index (χ0) is 13.2. The minimum Gasteiger partial charge on any atom is -0.335 e. The lowest BCUT2D eigenvalue weighted by Gasteiger charge is -2.33. The molecule has 2 aromatic rings. The second kappa shape index (κ2) is 4.96. The highest BCUT2D eigenvalue weighted by molar-refractivity contribution is 5.94. The van der Waals surface area contributed by atoms with E-state index < -0.39 is 0 Å². The third-order valence-electron chi connectivity index (χ3n) is 3.73. The molecular formula is C15H17N3O. The monoisotopic (exact) mass is 255 g/mol. The van der Waals surface area contributed by atoms with E-state index in [2.05, 4.69) is 16.9 Å². The van der Waals surface area contributed by atoms with Crippen LogP contribution in [-0.4, -0.2) is 33.4 Å². The minimum atomic E-state index is 0.00505. The third kappa shape index (κ3) is 2.30. The zero-order valence-corrected chi connectivity index (χ0v) is 11.0. The van der Waals surface area contributed by atoms with Crippen molar-refractivity contribution in [1.82, 2.24) is 14.9 Å². The Hall–Kier alpha value is -1.97. The average molecular weight is 255 g/mol. The number of nitrogens with zero attached hydrogens (tertiary/aromatic N) is 3. The SMILES string of the molecule is CC1CCCCN1C(=O)c1cnc2ccccc2n1. The molecule has 1 aliphatic rings. The first-order chi connectivity index (χ1) is 9.25. The van der Waals surface area contributed by atoms with E-state index in [1.54, 1.807) is 6.20 Å². The first-order valence-electron chi connectivity index (χ1n) is 6.78. The number of para-hydroxylation sites is 2. The van der Waals surface area contributed by atoms with Crippen molar-refractivity contribution in [1.29, 1.82) is 0 Å². The van der Waals surface area contributed by atoms with Crippen LogP contribution in [-0.2, 0) is 0 Å². The van der Waals surface area contributed by atoms with Gasteiger partial charge in [-0.2, -0.15) is 0 Å². The zero-order valence-electron chi connectivity index (χ0n) is 11.0. The molecule has 0 bridgehead atoms. The molecule has 1 amide bonds. The summed E-state index contributed by atoms with van der Waals surface area (Å²) in [7, 11) is 0. The van der Waals surface area contributed by atoms with Gasteiger partial charge in [-0.25, -0.2) is 4.98 Å². The standard InChI is InChI=1S/C15H17N3O/c1-11-6-4-5-9-18(11)15(19)14-10-16-12-7-2-3-8-13(12)17-14/h2-3,7-8,10-11H,4-6,9H2,1H3. The number of carbonyl (C=O) groups is 1. The summed E-state index contributed by atoms with van der Waals surface area (Å²) in [5, 5.41) is 0. The number of carbonyl (C=O) groups excluding carboxylic acids is 1. The van der Waals surface area contributed by atoms with Crippen LogP contribution in [0.4, 0.5) is 0 Å². The summed E-state index contributed by atoms with van der Waals surface area (Å²) >= 11 is 0. The highest BCUT2D eigenvalue weighted by Gasteiger charge is 2.25. The van der Waals surface area contributed by atoms with Gasteiger partial charge in [-0.1, -0.05) is 12.1 Å². The van der Waals surface area contributed by atoms with E-state index >= 15 is 0 Å².